The number of ketones is 1. The molecule has 0 unspecified atom stereocenters. The zero-order valence-electron chi connectivity index (χ0n) is 9.97. The molecule has 0 fully saturated rings. The Hall–Kier alpha value is -1.62. The maximum atomic E-state index is 12.7. The molecule has 0 atom stereocenters. The summed E-state index contributed by atoms with van der Waals surface area (Å²) in [5.41, 5.74) is 0.559. The summed E-state index contributed by atoms with van der Waals surface area (Å²) in [5.74, 6) is 0.407. The fourth-order valence-electron chi connectivity index (χ4n) is 1.52. The molecule has 0 radical (unpaired) electrons. The second kappa shape index (κ2) is 5.82. The highest BCUT2D eigenvalue weighted by atomic mass is 32.2. The van der Waals surface area contributed by atoms with Crippen LogP contribution < -0.4 is 0 Å². The molecule has 2 rings (SSSR count). The Morgan fingerprint density at radius 2 is 2.11 bits per heavy atom. The van der Waals surface area contributed by atoms with E-state index in [4.69, 9.17) is 0 Å². The Labute approximate surface area is 109 Å². The van der Waals surface area contributed by atoms with Gasteiger partial charge in [-0.3, -0.25) is 9.48 Å². The lowest BCUT2D eigenvalue weighted by atomic mass is 10.1. The first-order valence-electron chi connectivity index (χ1n) is 5.55. The van der Waals surface area contributed by atoms with Crippen LogP contribution in [-0.4, -0.2) is 21.3 Å². The molecule has 0 aliphatic heterocycles. The fraction of sp³-hybridized carbons (Fsp3) is 0.231. The van der Waals surface area contributed by atoms with E-state index in [0.29, 0.717) is 17.7 Å². The lowest BCUT2D eigenvalue weighted by Gasteiger charge is -2.00. The van der Waals surface area contributed by atoms with Crippen LogP contribution in [0.4, 0.5) is 4.39 Å². The van der Waals surface area contributed by atoms with Crippen molar-refractivity contribution in [1.82, 2.24) is 9.78 Å². The Bertz CT molecular complexity index is 536. The lowest BCUT2D eigenvalue weighted by Crippen LogP contribution is -2.00. The molecule has 0 bridgehead atoms. The summed E-state index contributed by atoms with van der Waals surface area (Å²) < 4.78 is 14.4. The molecule has 3 nitrogen and oxygen atoms in total. The molecule has 0 aliphatic rings. The third-order valence-electron chi connectivity index (χ3n) is 2.45. The van der Waals surface area contributed by atoms with E-state index in [1.807, 2.05) is 13.2 Å². The molecule has 2 aromatic rings. The van der Waals surface area contributed by atoms with Gasteiger partial charge in [0.25, 0.3) is 0 Å². The Kier molecular flexibility index (Phi) is 4.15. The minimum absolute atomic E-state index is 0.0337. The number of thioether (sulfide) groups is 1. The van der Waals surface area contributed by atoms with Gasteiger partial charge in [0.05, 0.1) is 6.20 Å². The summed E-state index contributed by atoms with van der Waals surface area (Å²) in [7, 11) is 1.85. The smallest absolute Gasteiger partial charge is 0.163 e. The van der Waals surface area contributed by atoms with E-state index in [1.165, 1.54) is 24.3 Å². The maximum Gasteiger partial charge on any atom is 0.163 e. The number of aryl methyl sites for hydroxylation is 1. The van der Waals surface area contributed by atoms with Gasteiger partial charge in [-0.15, -0.1) is 11.8 Å². The standard InChI is InChI=1S/C13H13FN2OS/c1-16-9-12(8-15-16)18-7-6-13(17)10-2-4-11(14)5-3-10/h2-5,8-9H,6-7H2,1H3. The van der Waals surface area contributed by atoms with Gasteiger partial charge in [-0.1, -0.05) is 0 Å². The molecule has 94 valence electrons. The summed E-state index contributed by atoms with van der Waals surface area (Å²) in [6.07, 6.45) is 4.12. The quantitative estimate of drug-likeness (QED) is 0.615. The van der Waals surface area contributed by atoms with E-state index in [2.05, 4.69) is 5.10 Å². The minimum Gasteiger partial charge on any atom is -0.294 e. The Balaban J connectivity index is 1.83. The van der Waals surface area contributed by atoms with Crippen molar-refractivity contribution in [3.63, 3.8) is 0 Å². The lowest BCUT2D eigenvalue weighted by molar-refractivity contribution is 0.0989. The van der Waals surface area contributed by atoms with Gasteiger partial charge >= 0.3 is 0 Å². The van der Waals surface area contributed by atoms with Crippen LogP contribution in [0.15, 0.2) is 41.6 Å². The average molecular weight is 264 g/mol. The summed E-state index contributed by atoms with van der Waals surface area (Å²) in [6, 6.07) is 5.65. The van der Waals surface area contributed by atoms with Crippen LogP contribution in [0.25, 0.3) is 0 Å². The highest BCUT2D eigenvalue weighted by Crippen LogP contribution is 2.18. The van der Waals surface area contributed by atoms with Gasteiger partial charge in [-0.25, -0.2) is 4.39 Å². The predicted molar refractivity (Wildman–Crippen MR) is 69.3 cm³/mol. The monoisotopic (exact) mass is 264 g/mol. The molecule has 0 spiro atoms. The summed E-state index contributed by atoms with van der Waals surface area (Å²) in [5, 5.41) is 4.05. The molecule has 0 saturated carbocycles. The number of Topliss-reactive ketones (excluding diaryl/α,β-unsaturated/α-hetero) is 1. The van der Waals surface area contributed by atoms with Crippen LogP contribution in [0, 0.1) is 5.82 Å². The van der Waals surface area contributed by atoms with Crippen LogP contribution in [0.1, 0.15) is 16.8 Å². The third-order valence-corrected chi connectivity index (χ3v) is 3.40. The number of benzene rings is 1. The van der Waals surface area contributed by atoms with Crippen molar-refractivity contribution in [3.05, 3.63) is 48.0 Å². The van der Waals surface area contributed by atoms with Crippen LogP contribution in [0.3, 0.4) is 0 Å². The molecule has 1 aromatic heterocycles. The summed E-state index contributed by atoms with van der Waals surface area (Å²) >= 11 is 1.59. The zero-order valence-corrected chi connectivity index (χ0v) is 10.8. The molecular weight excluding hydrogens is 251 g/mol. The van der Waals surface area contributed by atoms with Gasteiger partial charge in [-0.05, 0) is 24.3 Å². The van der Waals surface area contributed by atoms with Crippen LogP contribution in [-0.2, 0) is 7.05 Å². The molecule has 0 N–H and O–H groups in total. The molecular formula is C13H13FN2OS. The molecule has 0 aliphatic carbocycles. The average Bonchev–Trinajstić information content (AvgIpc) is 2.76. The van der Waals surface area contributed by atoms with Crippen molar-refractivity contribution in [3.8, 4) is 0 Å². The van der Waals surface area contributed by atoms with Crippen molar-refractivity contribution >= 4 is 17.5 Å². The molecule has 18 heavy (non-hydrogen) atoms. The van der Waals surface area contributed by atoms with Crippen molar-refractivity contribution in [2.24, 2.45) is 7.05 Å². The van der Waals surface area contributed by atoms with Crippen molar-refractivity contribution in [2.75, 3.05) is 5.75 Å². The normalized spacial score (nSPS) is 10.6. The van der Waals surface area contributed by atoms with E-state index in [0.717, 1.165) is 4.90 Å². The Morgan fingerprint density at radius 3 is 2.72 bits per heavy atom. The van der Waals surface area contributed by atoms with Crippen molar-refractivity contribution < 1.29 is 9.18 Å². The van der Waals surface area contributed by atoms with E-state index in [1.54, 1.807) is 22.6 Å². The number of hydrogen-bond donors (Lipinski definition) is 0. The van der Waals surface area contributed by atoms with E-state index in [-0.39, 0.29) is 11.6 Å². The number of aromatic nitrogens is 2. The third kappa shape index (κ3) is 3.43. The molecule has 0 saturated heterocycles. The van der Waals surface area contributed by atoms with E-state index in [9.17, 15) is 9.18 Å². The second-order valence-electron chi connectivity index (χ2n) is 3.88. The van der Waals surface area contributed by atoms with Crippen LogP contribution in [0.2, 0.25) is 0 Å². The van der Waals surface area contributed by atoms with Crippen LogP contribution in [0.5, 0.6) is 0 Å². The number of carbonyl (C=O) groups excluding carboxylic acids is 1. The molecule has 0 amide bonds. The van der Waals surface area contributed by atoms with Crippen molar-refractivity contribution in [2.45, 2.75) is 11.3 Å². The van der Waals surface area contributed by atoms with E-state index >= 15 is 0 Å². The summed E-state index contributed by atoms with van der Waals surface area (Å²) in [4.78, 5) is 12.8. The number of hydrogen-bond acceptors (Lipinski definition) is 3. The van der Waals surface area contributed by atoms with Gasteiger partial charge in [0.1, 0.15) is 5.82 Å². The second-order valence-corrected chi connectivity index (χ2v) is 5.05. The highest BCUT2D eigenvalue weighted by Gasteiger charge is 2.06. The SMILES string of the molecule is Cn1cc(SCCC(=O)c2ccc(F)cc2)cn1. The van der Waals surface area contributed by atoms with Gasteiger partial charge < -0.3 is 0 Å². The molecule has 5 heteroatoms. The van der Waals surface area contributed by atoms with Gasteiger partial charge in [0.2, 0.25) is 0 Å². The topological polar surface area (TPSA) is 34.9 Å². The zero-order chi connectivity index (χ0) is 13.0. The molecule has 1 aromatic carbocycles. The number of halogens is 1. The molecule has 1 heterocycles. The Morgan fingerprint density at radius 1 is 1.39 bits per heavy atom. The largest absolute Gasteiger partial charge is 0.294 e. The number of nitrogens with zero attached hydrogens (tertiary/aromatic N) is 2. The fourth-order valence-corrected chi connectivity index (χ4v) is 2.39. The van der Waals surface area contributed by atoms with Gasteiger partial charge in [0.15, 0.2) is 5.78 Å². The number of rotatable bonds is 5. The summed E-state index contributed by atoms with van der Waals surface area (Å²) in [6.45, 7) is 0. The minimum atomic E-state index is -0.323. The predicted octanol–water partition coefficient (Wildman–Crippen LogP) is 2.92. The first-order valence-corrected chi connectivity index (χ1v) is 6.54. The van der Waals surface area contributed by atoms with E-state index < -0.39 is 0 Å². The first-order chi connectivity index (χ1) is 8.65. The number of carbonyl (C=O) groups is 1. The van der Waals surface area contributed by atoms with Gasteiger partial charge in [-0.2, -0.15) is 5.10 Å². The van der Waals surface area contributed by atoms with Crippen LogP contribution >= 0.6 is 11.8 Å². The first kappa shape index (κ1) is 12.8. The van der Waals surface area contributed by atoms with Crippen molar-refractivity contribution in [1.29, 1.82) is 0 Å². The van der Waals surface area contributed by atoms with Gasteiger partial charge in [0, 0.05) is 35.9 Å². The maximum absolute atomic E-state index is 12.7. The highest BCUT2D eigenvalue weighted by molar-refractivity contribution is 7.99.